The number of hydrogen-bond donors (Lipinski definition) is 3. The molecule has 22 heavy (non-hydrogen) atoms. The molecule has 1 heterocycles. The number of carbonyl (C=O) groups excluding carboxylic acids is 1. The van der Waals surface area contributed by atoms with E-state index in [9.17, 15) is 18.7 Å². The molecule has 3 N–H and O–H groups in total. The maximum absolute atomic E-state index is 13.0. The first-order valence-corrected chi connectivity index (χ1v) is 7.05. The van der Waals surface area contributed by atoms with Gasteiger partial charge in [-0.2, -0.15) is 0 Å². The number of rotatable bonds is 4. The Bertz CT molecular complexity index is 526. The Kier molecular flexibility index (Phi) is 6.83. The van der Waals surface area contributed by atoms with E-state index in [1.807, 2.05) is 0 Å². The first kappa shape index (κ1) is 19.4. The van der Waals surface area contributed by atoms with Crippen molar-refractivity contribution in [3.05, 3.63) is 33.8 Å². The first-order valence-electron chi connectivity index (χ1n) is 6.30. The largest absolute Gasteiger partial charge is 0.387 e. The van der Waals surface area contributed by atoms with Gasteiger partial charge >= 0.3 is 0 Å². The Morgan fingerprint density at radius 3 is 2.50 bits per heavy atom. The molecular formula is C13H15Cl3F2N2O2. The van der Waals surface area contributed by atoms with Crippen LogP contribution in [0.15, 0.2) is 18.2 Å². The zero-order valence-corrected chi connectivity index (χ0v) is 13.6. The molecule has 1 fully saturated rings. The summed E-state index contributed by atoms with van der Waals surface area (Å²) in [5.41, 5.74) is 0.442. The number of halogens is 5. The van der Waals surface area contributed by atoms with E-state index in [-0.39, 0.29) is 19.0 Å². The molecule has 1 aliphatic rings. The van der Waals surface area contributed by atoms with Crippen molar-refractivity contribution in [3.63, 3.8) is 0 Å². The van der Waals surface area contributed by atoms with Gasteiger partial charge in [0.1, 0.15) is 0 Å². The fraction of sp³-hybridized carbons (Fsp3) is 0.462. The Morgan fingerprint density at radius 2 is 2.00 bits per heavy atom. The highest BCUT2D eigenvalue weighted by Gasteiger charge is 2.42. The van der Waals surface area contributed by atoms with Crippen LogP contribution in [-0.2, 0) is 4.79 Å². The second-order valence-electron chi connectivity index (χ2n) is 4.96. The van der Waals surface area contributed by atoms with Gasteiger partial charge < -0.3 is 10.4 Å². The molecular weight excluding hydrogens is 361 g/mol. The molecule has 1 aromatic rings. The Balaban J connectivity index is 0.00000242. The van der Waals surface area contributed by atoms with Crippen molar-refractivity contribution in [2.24, 2.45) is 0 Å². The van der Waals surface area contributed by atoms with Crippen LogP contribution in [0.5, 0.6) is 0 Å². The smallest absolute Gasteiger partial charge is 0.262 e. The van der Waals surface area contributed by atoms with E-state index < -0.39 is 36.9 Å². The fourth-order valence-electron chi connectivity index (χ4n) is 2.11. The Labute approximate surface area is 142 Å². The Hall–Kier alpha value is -0.660. The summed E-state index contributed by atoms with van der Waals surface area (Å²) in [5.74, 6) is -3.44. The highest BCUT2D eigenvalue weighted by Crippen LogP contribution is 2.26. The number of hydrogen-bond acceptors (Lipinski definition) is 3. The summed E-state index contributed by atoms with van der Waals surface area (Å²) in [4.78, 5) is 11.7. The summed E-state index contributed by atoms with van der Waals surface area (Å²) < 4.78 is 26.0. The molecule has 2 atom stereocenters. The quantitative estimate of drug-likeness (QED) is 0.758. The van der Waals surface area contributed by atoms with Crippen molar-refractivity contribution in [3.8, 4) is 0 Å². The van der Waals surface area contributed by atoms with Gasteiger partial charge in [0, 0.05) is 23.0 Å². The van der Waals surface area contributed by atoms with Crippen molar-refractivity contribution in [2.75, 3.05) is 13.1 Å². The average Bonchev–Trinajstić information content (AvgIpc) is 2.75. The van der Waals surface area contributed by atoms with Crippen molar-refractivity contribution in [2.45, 2.75) is 24.5 Å². The molecule has 0 spiro atoms. The lowest BCUT2D eigenvalue weighted by molar-refractivity contribution is -0.123. The molecule has 2 unspecified atom stereocenters. The monoisotopic (exact) mass is 374 g/mol. The molecule has 4 nitrogen and oxygen atoms in total. The highest BCUT2D eigenvalue weighted by molar-refractivity contribution is 6.34. The van der Waals surface area contributed by atoms with E-state index in [2.05, 4.69) is 10.6 Å². The predicted molar refractivity (Wildman–Crippen MR) is 83.0 cm³/mol. The van der Waals surface area contributed by atoms with Crippen molar-refractivity contribution >= 4 is 41.5 Å². The van der Waals surface area contributed by atoms with Gasteiger partial charge in [0.25, 0.3) is 5.92 Å². The third-order valence-corrected chi connectivity index (χ3v) is 3.60. The van der Waals surface area contributed by atoms with Crippen molar-refractivity contribution < 1.29 is 18.7 Å². The van der Waals surface area contributed by atoms with Crippen molar-refractivity contribution in [1.29, 1.82) is 0 Å². The molecule has 124 valence electrons. The van der Waals surface area contributed by atoms with Gasteiger partial charge in [-0.3, -0.25) is 10.1 Å². The number of benzene rings is 1. The first-order chi connectivity index (χ1) is 9.77. The van der Waals surface area contributed by atoms with E-state index in [4.69, 9.17) is 23.2 Å². The maximum Gasteiger partial charge on any atom is 0.262 e. The van der Waals surface area contributed by atoms with Gasteiger partial charge in [-0.1, -0.05) is 23.2 Å². The summed E-state index contributed by atoms with van der Waals surface area (Å²) in [7, 11) is 0. The minimum atomic E-state index is -2.87. The van der Waals surface area contributed by atoms with Crippen LogP contribution in [0.2, 0.25) is 10.0 Å². The SMILES string of the molecule is Cl.O=C(NCC(O)c1cc(Cl)cc(Cl)c1)C1CC(F)(F)CN1. The van der Waals surface area contributed by atoms with Crippen molar-refractivity contribution in [1.82, 2.24) is 10.6 Å². The number of aliphatic hydroxyl groups is 1. The Morgan fingerprint density at radius 1 is 1.41 bits per heavy atom. The van der Waals surface area contributed by atoms with E-state index in [0.717, 1.165) is 0 Å². The molecule has 0 radical (unpaired) electrons. The zero-order valence-electron chi connectivity index (χ0n) is 11.3. The number of alkyl halides is 2. The summed E-state index contributed by atoms with van der Waals surface area (Å²) >= 11 is 11.6. The lowest BCUT2D eigenvalue weighted by Gasteiger charge is -2.15. The van der Waals surface area contributed by atoms with Crippen LogP contribution in [0.3, 0.4) is 0 Å². The molecule has 1 amide bonds. The van der Waals surface area contributed by atoms with Gasteiger partial charge in [-0.25, -0.2) is 8.78 Å². The van der Waals surface area contributed by atoms with Crippen LogP contribution in [0, 0.1) is 0 Å². The van der Waals surface area contributed by atoms with Crippen LogP contribution in [0.4, 0.5) is 8.78 Å². The molecule has 2 rings (SSSR count). The molecule has 0 bridgehead atoms. The summed E-state index contributed by atoms with van der Waals surface area (Å²) in [6, 6.07) is 3.61. The van der Waals surface area contributed by atoms with E-state index in [1.165, 1.54) is 18.2 Å². The van der Waals surface area contributed by atoms with Crippen LogP contribution in [0.1, 0.15) is 18.1 Å². The lowest BCUT2D eigenvalue weighted by atomic mass is 10.1. The zero-order chi connectivity index (χ0) is 15.6. The summed E-state index contributed by atoms with van der Waals surface area (Å²) in [6.45, 7) is -0.628. The lowest BCUT2D eigenvalue weighted by Crippen LogP contribution is -2.41. The van der Waals surface area contributed by atoms with Gasteiger partial charge in [0.15, 0.2) is 0 Å². The van der Waals surface area contributed by atoms with Gasteiger partial charge in [-0.15, -0.1) is 12.4 Å². The van der Waals surface area contributed by atoms with Crippen LogP contribution >= 0.6 is 35.6 Å². The number of carbonyl (C=O) groups is 1. The number of nitrogens with one attached hydrogen (secondary N) is 2. The maximum atomic E-state index is 13.0. The molecule has 9 heteroatoms. The molecule has 1 saturated heterocycles. The van der Waals surface area contributed by atoms with E-state index in [1.54, 1.807) is 0 Å². The molecule has 0 saturated carbocycles. The minimum absolute atomic E-state index is 0. The standard InChI is InChI=1S/C13H14Cl2F2N2O2.ClH/c14-8-1-7(2-9(15)3-8)11(20)5-18-12(21)10-4-13(16,17)6-19-10;/h1-3,10-11,19-20H,4-6H2,(H,18,21);1H. The van der Waals surface area contributed by atoms with Gasteiger partial charge in [0.05, 0.1) is 18.7 Å². The number of aliphatic hydroxyl groups excluding tert-OH is 1. The van der Waals surface area contributed by atoms with Crippen LogP contribution < -0.4 is 10.6 Å². The van der Waals surface area contributed by atoms with E-state index >= 15 is 0 Å². The fourth-order valence-corrected chi connectivity index (χ4v) is 2.65. The highest BCUT2D eigenvalue weighted by atomic mass is 35.5. The molecule has 1 aromatic carbocycles. The topological polar surface area (TPSA) is 61.4 Å². The minimum Gasteiger partial charge on any atom is -0.387 e. The normalized spacial score (nSPS) is 21.0. The van der Waals surface area contributed by atoms with Gasteiger partial charge in [0.2, 0.25) is 5.91 Å². The summed E-state index contributed by atoms with van der Waals surface area (Å²) in [6.07, 6.45) is -1.56. The predicted octanol–water partition coefficient (Wildman–Crippen LogP) is 2.56. The molecule has 0 aliphatic carbocycles. The van der Waals surface area contributed by atoms with Crippen LogP contribution in [0.25, 0.3) is 0 Å². The molecule has 0 aromatic heterocycles. The summed E-state index contributed by atoms with van der Waals surface area (Å²) in [5, 5.41) is 15.6. The average molecular weight is 376 g/mol. The van der Waals surface area contributed by atoms with Gasteiger partial charge in [-0.05, 0) is 23.8 Å². The number of amides is 1. The third-order valence-electron chi connectivity index (χ3n) is 3.17. The second-order valence-corrected chi connectivity index (χ2v) is 5.83. The van der Waals surface area contributed by atoms with Crippen LogP contribution in [-0.4, -0.2) is 36.1 Å². The van der Waals surface area contributed by atoms with E-state index in [0.29, 0.717) is 15.6 Å². The third kappa shape index (κ3) is 5.21. The molecule has 1 aliphatic heterocycles. The second kappa shape index (κ2) is 7.75.